The number of hydrogen-bond donors (Lipinski definition) is 1. The van der Waals surface area contributed by atoms with E-state index in [0.29, 0.717) is 22.7 Å². The van der Waals surface area contributed by atoms with Crippen LogP contribution in [0.4, 0.5) is 5.69 Å². The van der Waals surface area contributed by atoms with Crippen LogP contribution in [0.3, 0.4) is 0 Å². The number of nitrogens with zero attached hydrogens (tertiary/aromatic N) is 1. The van der Waals surface area contributed by atoms with Gasteiger partial charge in [-0.3, -0.25) is 19.3 Å². The number of ether oxygens (including phenoxy) is 2. The fourth-order valence-electron chi connectivity index (χ4n) is 3.59. The predicted molar refractivity (Wildman–Crippen MR) is 114 cm³/mol. The third-order valence-corrected chi connectivity index (χ3v) is 5.01. The first-order valence-corrected chi connectivity index (χ1v) is 9.68. The maximum Gasteiger partial charge on any atom is 0.308 e. The van der Waals surface area contributed by atoms with Crippen molar-refractivity contribution in [2.45, 2.75) is 13.0 Å². The topological polar surface area (TPSA) is 106 Å². The zero-order valence-electron chi connectivity index (χ0n) is 17.3. The first-order valence-electron chi connectivity index (χ1n) is 9.68. The maximum absolute atomic E-state index is 13.2. The monoisotopic (exact) mass is 433 g/mol. The number of ketones is 1. The highest BCUT2D eigenvalue weighted by Crippen LogP contribution is 2.42. The molecule has 1 aliphatic heterocycles. The number of esters is 1. The van der Waals surface area contributed by atoms with Crippen molar-refractivity contribution in [3.63, 3.8) is 0 Å². The summed E-state index contributed by atoms with van der Waals surface area (Å²) in [5.41, 5.74) is 0.878. The number of aliphatic hydroxyl groups excluding tert-OH is 1. The summed E-state index contributed by atoms with van der Waals surface area (Å²) in [4.78, 5) is 38.8. The van der Waals surface area contributed by atoms with Crippen LogP contribution in [0.1, 0.15) is 29.1 Å². The molecule has 0 saturated heterocycles. The van der Waals surface area contributed by atoms with Crippen LogP contribution < -0.4 is 14.4 Å². The summed E-state index contributed by atoms with van der Waals surface area (Å²) in [5.74, 6) is -1.56. The Bertz CT molecular complexity index is 1190. The number of carbonyl (C=O) groups is 3. The molecule has 1 aliphatic rings. The molecular formula is C24H19NO7. The third kappa shape index (κ3) is 3.74. The zero-order valence-corrected chi connectivity index (χ0v) is 17.3. The van der Waals surface area contributed by atoms with Gasteiger partial charge in [0.15, 0.2) is 11.5 Å². The van der Waals surface area contributed by atoms with Gasteiger partial charge in [-0.05, 0) is 54.1 Å². The van der Waals surface area contributed by atoms with Crippen molar-refractivity contribution in [2.24, 2.45) is 0 Å². The first kappa shape index (κ1) is 20.9. The molecule has 1 aromatic heterocycles. The van der Waals surface area contributed by atoms with E-state index in [9.17, 15) is 19.5 Å². The summed E-state index contributed by atoms with van der Waals surface area (Å²) in [6.45, 7) is 1.29. The Balaban J connectivity index is 1.81. The molecule has 4 rings (SSSR count). The van der Waals surface area contributed by atoms with E-state index >= 15 is 0 Å². The Hall–Kier alpha value is -4.33. The highest BCUT2D eigenvalue weighted by Gasteiger charge is 2.45. The molecule has 0 bridgehead atoms. The molecule has 0 saturated carbocycles. The second kappa shape index (κ2) is 8.43. The Morgan fingerprint density at radius 2 is 1.66 bits per heavy atom. The molecule has 1 atom stereocenters. The normalized spacial score (nSPS) is 15.8. The number of amides is 1. The van der Waals surface area contributed by atoms with Crippen LogP contribution in [-0.2, 0) is 9.59 Å². The van der Waals surface area contributed by atoms with E-state index in [-0.39, 0.29) is 11.3 Å². The van der Waals surface area contributed by atoms with Gasteiger partial charge in [0.05, 0.1) is 25.0 Å². The number of aliphatic hydroxyl groups is 1. The zero-order chi connectivity index (χ0) is 22.8. The maximum atomic E-state index is 13.2. The second-order valence-corrected chi connectivity index (χ2v) is 7.01. The van der Waals surface area contributed by atoms with Crippen molar-refractivity contribution in [3.05, 3.63) is 89.6 Å². The quantitative estimate of drug-likeness (QED) is 0.356. The minimum Gasteiger partial charge on any atom is -0.503 e. The van der Waals surface area contributed by atoms with Gasteiger partial charge in [-0.2, -0.15) is 0 Å². The summed E-state index contributed by atoms with van der Waals surface area (Å²) in [6, 6.07) is 15.1. The molecule has 1 unspecified atom stereocenters. The highest BCUT2D eigenvalue weighted by atomic mass is 16.5. The van der Waals surface area contributed by atoms with Crippen molar-refractivity contribution < 1.29 is 33.4 Å². The molecule has 0 radical (unpaired) electrons. The molecule has 32 heavy (non-hydrogen) atoms. The molecule has 8 heteroatoms. The van der Waals surface area contributed by atoms with E-state index < -0.39 is 29.5 Å². The van der Waals surface area contributed by atoms with Gasteiger partial charge in [-0.1, -0.05) is 12.1 Å². The van der Waals surface area contributed by atoms with Crippen LogP contribution in [0.2, 0.25) is 0 Å². The molecule has 1 N–H and O–H groups in total. The lowest BCUT2D eigenvalue weighted by atomic mass is 9.94. The van der Waals surface area contributed by atoms with E-state index in [2.05, 4.69) is 0 Å². The molecule has 8 nitrogen and oxygen atoms in total. The molecule has 2 aromatic carbocycles. The summed E-state index contributed by atoms with van der Waals surface area (Å²) >= 11 is 0. The Morgan fingerprint density at radius 1 is 1.00 bits per heavy atom. The minimum atomic E-state index is -0.931. The third-order valence-electron chi connectivity index (χ3n) is 5.01. The van der Waals surface area contributed by atoms with Crippen LogP contribution in [0, 0.1) is 0 Å². The van der Waals surface area contributed by atoms with Crippen LogP contribution in [-0.4, -0.2) is 29.9 Å². The van der Waals surface area contributed by atoms with Crippen molar-refractivity contribution >= 4 is 23.3 Å². The fourth-order valence-corrected chi connectivity index (χ4v) is 3.59. The van der Waals surface area contributed by atoms with E-state index in [1.54, 1.807) is 54.6 Å². The van der Waals surface area contributed by atoms with Gasteiger partial charge in [-0.25, -0.2) is 0 Å². The molecule has 3 aromatic rings. The Morgan fingerprint density at radius 3 is 2.22 bits per heavy atom. The van der Waals surface area contributed by atoms with Crippen molar-refractivity contribution in [2.75, 3.05) is 12.0 Å². The summed E-state index contributed by atoms with van der Waals surface area (Å²) in [6.07, 6.45) is 1.34. The van der Waals surface area contributed by atoms with Gasteiger partial charge in [0.25, 0.3) is 5.91 Å². The average Bonchev–Trinajstić information content (AvgIpc) is 3.41. The van der Waals surface area contributed by atoms with Gasteiger partial charge >= 0.3 is 5.97 Å². The summed E-state index contributed by atoms with van der Waals surface area (Å²) in [7, 11) is 1.52. The molecule has 0 aliphatic carbocycles. The van der Waals surface area contributed by atoms with E-state index in [4.69, 9.17) is 13.9 Å². The van der Waals surface area contributed by atoms with Gasteiger partial charge in [0, 0.05) is 12.6 Å². The van der Waals surface area contributed by atoms with Gasteiger partial charge in [0.2, 0.25) is 5.78 Å². The van der Waals surface area contributed by atoms with Gasteiger partial charge in [-0.15, -0.1) is 0 Å². The van der Waals surface area contributed by atoms with Crippen LogP contribution in [0.25, 0.3) is 0 Å². The van der Waals surface area contributed by atoms with Crippen LogP contribution in [0.15, 0.2) is 82.7 Å². The Kier molecular flexibility index (Phi) is 5.51. The second-order valence-electron chi connectivity index (χ2n) is 7.01. The molecule has 162 valence electrons. The van der Waals surface area contributed by atoms with Gasteiger partial charge < -0.3 is 19.0 Å². The molecule has 0 fully saturated rings. The standard InChI is InChI=1S/C24H19NO7/c1-14(26)32-18-9-5-15(6-10-18)21-20(22(27)19-4-3-13-31-19)23(28)24(29)25(21)16-7-11-17(30-2)12-8-16/h3-13,21,28H,1-2H3. The SMILES string of the molecule is COc1ccc(N2C(=O)C(O)=C(C(=O)c3ccco3)C2c2ccc(OC(C)=O)cc2)cc1. The lowest BCUT2D eigenvalue weighted by molar-refractivity contribution is -0.131. The number of anilines is 1. The molecule has 0 spiro atoms. The lowest BCUT2D eigenvalue weighted by Crippen LogP contribution is -2.31. The average molecular weight is 433 g/mol. The molecule has 1 amide bonds. The smallest absolute Gasteiger partial charge is 0.308 e. The number of furan rings is 1. The number of carbonyl (C=O) groups excluding carboxylic acids is 3. The molecular weight excluding hydrogens is 414 g/mol. The van der Waals surface area contributed by atoms with Gasteiger partial charge in [0.1, 0.15) is 11.5 Å². The van der Waals surface area contributed by atoms with E-state index in [0.717, 1.165) is 0 Å². The first-order chi connectivity index (χ1) is 15.4. The number of Topliss-reactive ketones (excluding diaryl/α,β-unsaturated/α-hetero) is 1. The fraction of sp³-hybridized carbons (Fsp3) is 0.125. The Labute approximate surface area is 183 Å². The number of hydrogen-bond acceptors (Lipinski definition) is 7. The number of methoxy groups -OCH3 is 1. The van der Waals surface area contributed by atoms with Crippen molar-refractivity contribution in [1.82, 2.24) is 0 Å². The highest BCUT2D eigenvalue weighted by molar-refractivity contribution is 6.20. The minimum absolute atomic E-state index is 0.00235. The largest absolute Gasteiger partial charge is 0.503 e. The van der Waals surface area contributed by atoms with Crippen LogP contribution in [0.5, 0.6) is 11.5 Å². The summed E-state index contributed by atoms with van der Waals surface area (Å²) in [5, 5.41) is 10.7. The van der Waals surface area contributed by atoms with Crippen LogP contribution >= 0.6 is 0 Å². The predicted octanol–water partition coefficient (Wildman–Crippen LogP) is 4.00. The van der Waals surface area contributed by atoms with Crippen molar-refractivity contribution in [3.8, 4) is 11.5 Å². The summed E-state index contributed by atoms with van der Waals surface area (Å²) < 4.78 is 15.5. The van der Waals surface area contributed by atoms with E-state index in [1.807, 2.05) is 0 Å². The lowest BCUT2D eigenvalue weighted by Gasteiger charge is -2.27. The number of rotatable bonds is 6. The van der Waals surface area contributed by atoms with Crippen molar-refractivity contribution in [1.29, 1.82) is 0 Å². The molecule has 2 heterocycles. The number of benzene rings is 2. The van der Waals surface area contributed by atoms with E-state index in [1.165, 1.54) is 31.3 Å².